The van der Waals surface area contributed by atoms with Crippen molar-refractivity contribution in [2.45, 2.75) is 133 Å². The number of piperazine rings is 2. The van der Waals surface area contributed by atoms with Crippen molar-refractivity contribution in [1.82, 2.24) is 35.2 Å². The molecular formula is C60H87BF4IN11O5. The third kappa shape index (κ3) is 15.0. The van der Waals surface area contributed by atoms with E-state index in [-0.39, 0.29) is 76.4 Å². The molecule has 22 heteroatoms. The Morgan fingerprint density at radius 2 is 1.01 bits per heavy atom. The van der Waals surface area contributed by atoms with E-state index >= 15 is 8.78 Å². The van der Waals surface area contributed by atoms with E-state index in [9.17, 15) is 24.1 Å². The molecule has 3 fully saturated rings. The van der Waals surface area contributed by atoms with Gasteiger partial charge < -0.3 is 44.2 Å². The van der Waals surface area contributed by atoms with Crippen LogP contribution in [0.15, 0.2) is 104 Å². The Bertz CT molecular complexity index is 2870. The maximum Gasteiger partial charge on any atom is 0.494 e. The van der Waals surface area contributed by atoms with Crippen LogP contribution in [0.4, 0.5) is 40.3 Å². The van der Waals surface area contributed by atoms with Crippen molar-refractivity contribution in [1.29, 1.82) is 0 Å². The number of anilines is 4. The van der Waals surface area contributed by atoms with Crippen LogP contribution in [0.25, 0.3) is 0 Å². The highest BCUT2D eigenvalue weighted by atomic mass is 127. The van der Waals surface area contributed by atoms with E-state index < -0.39 is 53.2 Å². The van der Waals surface area contributed by atoms with Crippen LogP contribution in [0, 0.1) is 35.3 Å². The first kappa shape index (κ1) is 69.0. The molecule has 3 aliphatic heterocycles. The van der Waals surface area contributed by atoms with Gasteiger partial charge in [-0.05, 0) is 128 Å². The van der Waals surface area contributed by atoms with Gasteiger partial charge in [0.05, 0.1) is 77.0 Å². The summed E-state index contributed by atoms with van der Waals surface area (Å²) in [5, 5.41) is 42.8. The number of halogens is 5. The molecule has 0 saturated carbocycles. The Morgan fingerprint density at radius 3 is 1.38 bits per heavy atom. The maximum absolute atomic E-state index is 16.0. The van der Waals surface area contributed by atoms with Gasteiger partial charge >= 0.3 is 13.0 Å². The van der Waals surface area contributed by atoms with E-state index in [4.69, 9.17) is 9.31 Å². The highest BCUT2D eigenvalue weighted by molar-refractivity contribution is 14.0. The van der Waals surface area contributed by atoms with Crippen molar-refractivity contribution < 1.29 is 42.2 Å². The maximum atomic E-state index is 16.0. The smallest absolute Gasteiger partial charge is 0.399 e. The molecule has 0 aliphatic carbocycles. The molecule has 2 aromatic carbocycles. The number of aliphatic hydroxyl groups is 3. The lowest BCUT2D eigenvalue weighted by Crippen LogP contribution is -2.48. The summed E-state index contributed by atoms with van der Waals surface area (Å²) < 4.78 is 73.6. The molecule has 0 spiro atoms. The second kappa shape index (κ2) is 28.4. The van der Waals surface area contributed by atoms with Crippen LogP contribution in [0.2, 0.25) is 0 Å². The Balaban J connectivity index is 0.000000346. The first-order chi connectivity index (χ1) is 36.9. The number of benzene rings is 2. The first-order valence-electron chi connectivity index (χ1n) is 26.9. The molecule has 0 bridgehead atoms. The second-order valence-corrected chi connectivity index (χ2v) is 22.6. The normalized spacial score (nSPS) is 18.2. The molecule has 4 aromatic heterocycles. The second-order valence-electron chi connectivity index (χ2n) is 22.6. The monoisotopic (exact) mass is 1260 g/mol. The summed E-state index contributed by atoms with van der Waals surface area (Å²) in [6.07, 6.45) is 4.77. The Labute approximate surface area is 500 Å². The van der Waals surface area contributed by atoms with Crippen molar-refractivity contribution >= 4 is 59.3 Å². The van der Waals surface area contributed by atoms with Crippen LogP contribution in [0.5, 0.6) is 0 Å². The fourth-order valence-corrected chi connectivity index (χ4v) is 9.69. The van der Waals surface area contributed by atoms with Gasteiger partial charge in [-0.25, -0.2) is 13.5 Å². The van der Waals surface area contributed by atoms with Gasteiger partial charge in [0.1, 0.15) is 23.7 Å². The molecule has 0 radical (unpaired) electrons. The van der Waals surface area contributed by atoms with Crippen LogP contribution >= 0.6 is 24.0 Å². The fraction of sp³-hybridized carbons (Fsp3) is 0.533. The molecule has 4 unspecified atom stereocenters. The van der Waals surface area contributed by atoms with Crippen LogP contribution < -0.4 is 25.1 Å². The van der Waals surface area contributed by atoms with Gasteiger partial charge in [0.15, 0.2) is 5.60 Å². The quantitative estimate of drug-likeness (QED) is 0.0474. The average Bonchev–Trinajstić information content (AvgIpc) is 3.94. The van der Waals surface area contributed by atoms with Crippen molar-refractivity contribution in [3.63, 3.8) is 0 Å². The third-order valence-corrected chi connectivity index (χ3v) is 16.4. The minimum Gasteiger partial charge on any atom is -0.399 e. The highest BCUT2D eigenvalue weighted by Crippen LogP contribution is 2.47. The average molecular weight is 1260 g/mol. The van der Waals surface area contributed by atoms with E-state index in [0.717, 1.165) is 77.9 Å². The number of alkyl halides is 2. The van der Waals surface area contributed by atoms with E-state index in [1.54, 1.807) is 6.20 Å². The molecule has 450 valence electrons. The van der Waals surface area contributed by atoms with Gasteiger partial charge in [-0.15, -0.1) is 29.1 Å². The SMILES string of the molecule is C.C.C.CC(C)C(C)C(O)c1ccc(N2CCN(c3ccc(B4OC(C)(C)C(C)(C)O4)cc3)CC2)cn1.CC(C)C(C)C(O)c1ccc(N2CCN(c3ccc(C(F)(F)[C@](O)(Cn4cnnn4)c4ccc(F)cc4F)nc3)CC2)cn1.I. The fourth-order valence-electron chi connectivity index (χ4n) is 9.69. The van der Waals surface area contributed by atoms with Crippen LogP contribution in [0.1, 0.15) is 126 Å². The van der Waals surface area contributed by atoms with Crippen molar-refractivity contribution in [2.75, 3.05) is 72.0 Å². The molecule has 16 nitrogen and oxygen atoms in total. The van der Waals surface area contributed by atoms with Crippen molar-refractivity contribution in [3.05, 3.63) is 138 Å². The molecule has 9 rings (SSSR count). The summed E-state index contributed by atoms with van der Waals surface area (Å²) in [7, 11) is -0.326. The molecule has 6 aromatic rings. The van der Waals surface area contributed by atoms with E-state index in [2.05, 4.69) is 138 Å². The molecule has 3 saturated heterocycles. The minimum atomic E-state index is -4.13. The molecule has 3 aliphatic rings. The lowest BCUT2D eigenvalue weighted by molar-refractivity contribution is -0.207. The van der Waals surface area contributed by atoms with Gasteiger partial charge in [-0.2, -0.15) is 8.78 Å². The molecule has 82 heavy (non-hydrogen) atoms. The Kier molecular flexibility index (Phi) is 23.9. The summed E-state index contributed by atoms with van der Waals surface area (Å²) >= 11 is 0. The Hall–Kier alpha value is -5.53. The molecule has 3 N–H and O–H groups in total. The number of rotatable bonds is 16. The van der Waals surface area contributed by atoms with E-state index in [1.807, 2.05) is 36.2 Å². The number of hydrogen-bond acceptors (Lipinski definition) is 15. The molecule has 7 heterocycles. The number of aliphatic hydroxyl groups excluding tert-OH is 2. The van der Waals surface area contributed by atoms with Gasteiger partial charge in [-0.3, -0.25) is 15.0 Å². The minimum absolute atomic E-state index is 0. The summed E-state index contributed by atoms with van der Waals surface area (Å²) in [4.78, 5) is 21.9. The number of pyridine rings is 3. The predicted molar refractivity (Wildman–Crippen MR) is 329 cm³/mol. The number of tetrazole rings is 1. The summed E-state index contributed by atoms with van der Waals surface area (Å²) in [6, 6.07) is 21.0. The lowest BCUT2D eigenvalue weighted by atomic mass is 9.79. The topological polar surface area (TPSA) is 174 Å². The number of hydrogen-bond donors (Lipinski definition) is 3. The zero-order valence-electron chi connectivity index (χ0n) is 46.7. The zero-order valence-corrected chi connectivity index (χ0v) is 49.0. The summed E-state index contributed by atoms with van der Waals surface area (Å²) in [5.41, 5.74) is 0.800. The van der Waals surface area contributed by atoms with E-state index in [0.29, 0.717) is 55.5 Å². The van der Waals surface area contributed by atoms with Gasteiger partial charge in [-0.1, -0.05) is 76.0 Å². The highest BCUT2D eigenvalue weighted by Gasteiger charge is 2.58. The van der Waals surface area contributed by atoms with Crippen LogP contribution in [-0.4, -0.2) is 121 Å². The van der Waals surface area contributed by atoms with Crippen molar-refractivity contribution in [3.8, 4) is 0 Å². The molecule has 5 atom stereocenters. The van der Waals surface area contributed by atoms with Gasteiger partial charge in [0, 0.05) is 69.7 Å². The largest absolute Gasteiger partial charge is 0.494 e. The van der Waals surface area contributed by atoms with Gasteiger partial charge in [0.25, 0.3) is 0 Å². The summed E-state index contributed by atoms with van der Waals surface area (Å²) in [5.74, 6) is -5.48. The van der Waals surface area contributed by atoms with Crippen LogP contribution in [0.3, 0.4) is 0 Å². The molecule has 0 amide bonds. The van der Waals surface area contributed by atoms with Crippen LogP contribution in [-0.2, 0) is 27.4 Å². The Morgan fingerprint density at radius 1 is 0.598 bits per heavy atom. The third-order valence-electron chi connectivity index (χ3n) is 16.4. The summed E-state index contributed by atoms with van der Waals surface area (Å²) in [6.45, 7) is 26.1. The van der Waals surface area contributed by atoms with Gasteiger partial charge in [0.2, 0.25) is 0 Å². The number of nitrogens with zero attached hydrogens (tertiary/aromatic N) is 11. The lowest BCUT2D eigenvalue weighted by Gasteiger charge is -2.38. The first-order valence-corrected chi connectivity index (χ1v) is 26.9. The zero-order chi connectivity index (χ0) is 56.3. The number of aromatic nitrogens is 7. The van der Waals surface area contributed by atoms with Crippen molar-refractivity contribution in [2.24, 2.45) is 23.7 Å². The standard InChI is InChI=1S/C30H34F4N8O2.C27H40BN3O3.3CH4.HI/c1-19(2)20(3)28(43)26-8-5-22(15-35-26)40-10-12-41(13-11-40)23-6-9-27(36-16-23)30(33,34)29(44,17-42-18-37-38-39-42)24-7-4-21(31)14-25(24)32;1-19(2)20(3)25(32)24-13-12-23(18-29-24)31-16-14-30(15-17-31)22-10-8-21(9-11-22)28-33-26(4,5)27(6,7)34-28;;;;/h4-9,14-16,18-20,28,43-44H,10-13,17H2,1-3H3;8-13,18-20,25,32H,14-17H2,1-7H3;3*1H4;1H/t20?,28?,29-;;;;;/m0...../s1. The predicted octanol–water partition coefficient (Wildman–Crippen LogP) is 10.6. The molecular weight excluding hydrogens is 1170 g/mol. The van der Waals surface area contributed by atoms with E-state index in [1.165, 1.54) is 18.0 Å².